The molecule has 4 aliphatic rings. The molecule has 0 bridgehead atoms. The van der Waals surface area contributed by atoms with E-state index in [9.17, 15) is 43.2 Å². The number of ketones is 1. The van der Waals surface area contributed by atoms with Gasteiger partial charge in [-0.2, -0.15) is 5.10 Å². The van der Waals surface area contributed by atoms with Gasteiger partial charge in [0.25, 0.3) is 23.6 Å². The molecule has 7 heterocycles. The van der Waals surface area contributed by atoms with E-state index >= 15 is 0 Å². The summed E-state index contributed by atoms with van der Waals surface area (Å²) in [5.41, 5.74) is 9.72. The number of carbonyl (C=O) groups excluding carboxylic acids is 9. The molecule has 2 atom stereocenters. The maximum absolute atomic E-state index is 14.3. The van der Waals surface area contributed by atoms with E-state index in [1.165, 1.54) is 36.6 Å². The third kappa shape index (κ3) is 12.7. The number of aromatic nitrogens is 5. The molecule has 25 nitrogen and oxygen atoms in total. The molecule has 1 unspecified atom stereocenters. The highest BCUT2D eigenvalue weighted by Crippen LogP contribution is 2.38. The van der Waals surface area contributed by atoms with Gasteiger partial charge in [0, 0.05) is 119 Å². The second-order valence-corrected chi connectivity index (χ2v) is 19.2. The summed E-state index contributed by atoms with van der Waals surface area (Å²) in [6.45, 7) is 2.26. The van der Waals surface area contributed by atoms with Crippen molar-refractivity contribution in [3.8, 4) is 17.1 Å². The van der Waals surface area contributed by atoms with Gasteiger partial charge in [0.15, 0.2) is 17.4 Å². The molecule has 6 N–H and O–H groups in total. The van der Waals surface area contributed by atoms with E-state index in [-0.39, 0.29) is 106 Å². The predicted molar refractivity (Wildman–Crippen MR) is 284 cm³/mol. The molecule has 9 rings (SSSR count). The van der Waals surface area contributed by atoms with Gasteiger partial charge < -0.3 is 45.9 Å². The number of methoxy groups -OCH3 is 1. The quantitative estimate of drug-likeness (QED) is 0.0356. The minimum Gasteiger partial charge on any atom is -0.494 e. The number of aryl methyl sites for hydroxylation is 1. The van der Waals surface area contributed by atoms with E-state index < -0.39 is 35.6 Å². The van der Waals surface area contributed by atoms with Gasteiger partial charge in [-0.15, -0.1) is 0 Å². The Balaban J connectivity index is 0.815. The first-order chi connectivity index (χ1) is 38.1. The molecule has 0 saturated carbocycles. The summed E-state index contributed by atoms with van der Waals surface area (Å²) < 4.78 is 12.8. The van der Waals surface area contributed by atoms with Crippen molar-refractivity contribution in [2.75, 3.05) is 75.1 Å². The van der Waals surface area contributed by atoms with Crippen LogP contribution in [0.2, 0.25) is 0 Å². The highest BCUT2D eigenvalue weighted by Gasteiger charge is 2.39. The first-order valence-electron chi connectivity index (χ1n) is 25.7. The summed E-state index contributed by atoms with van der Waals surface area (Å²) in [5, 5.41) is 15.9. The van der Waals surface area contributed by atoms with Crippen LogP contribution in [0.5, 0.6) is 5.75 Å². The van der Waals surface area contributed by atoms with Crippen molar-refractivity contribution < 1.29 is 52.6 Å². The van der Waals surface area contributed by atoms with Gasteiger partial charge in [0.1, 0.15) is 24.0 Å². The highest BCUT2D eigenvalue weighted by molar-refractivity contribution is 6.13. The van der Waals surface area contributed by atoms with Crippen LogP contribution in [0.4, 0.5) is 28.7 Å². The predicted octanol–water partition coefficient (Wildman–Crippen LogP) is 2.39. The number of carbonyl (C=O) groups is 9. The van der Waals surface area contributed by atoms with Crippen molar-refractivity contribution in [2.24, 2.45) is 18.7 Å². The third-order valence-corrected chi connectivity index (χ3v) is 14.0. The number of amides is 8. The number of benzene rings is 2. The number of nitrogens with zero attached hydrogens (tertiary/aromatic N) is 9. The Morgan fingerprint density at radius 3 is 2.33 bits per heavy atom. The minimum absolute atomic E-state index is 0.0000686. The number of piperazine rings is 1. The molecule has 0 aliphatic carbocycles. The van der Waals surface area contributed by atoms with Crippen LogP contribution in [0.3, 0.4) is 0 Å². The number of nitrogens with two attached hydrogens (primary N) is 1. The number of piperidine rings is 1. The number of hydrogen-bond donors (Lipinski definition) is 5. The van der Waals surface area contributed by atoms with Crippen molar-refractivity contribution in [3.05, 3.63) is 108 Å². The van der Waals surface area contributed by atoms with Crippen molar-refractivity contribution >= 4 is 81.7 Å². The van der Waals surface area contributed by atoms with Gasteiger partial charge in [-0.3, -0.25) is 58.0 Å². The number of fused-ring (bicyclic) bond motifs is 1. The van der Waals surface area contributed by atoms with Crippen LogP contribution in [-0.2, 0) is 47.1 Å². The highest BCUT2D eigenvalue weighted by atomic mass is 16.5. The number of pyridine rings is 2. The summed E-state index contributed by atoms with van der Waals surface area (Å²) in [6.07, 6.45) is 7.53. The molecule has 0 spiro atoms. The fraction of sp³-hybridized carbons (Fsp3) is 0.352. The molecule has 410 valence electrons. The maximum atomic E-state index is 14.3. The first kappa shape index (κ1) is 54.4. The molecule has 3 aromatic heterocycles. The summed E-state index contributed by atoms with van der Waals surface area (Å²) in [5.74, 6) is -2.54. The molecule has 79 heavy (non-hydrogen) atoms. The third-order valence-electron chi connectivity index (χ3n) is 14.0. The van der Waals surface area contributed by atoms with Gasteiger partial charge >= 0.3 is 0 Å². The number of hydrogen-bond acceptors (Lipinski definition) is 18. The molecule has 5 aromatic rings. The summed E-state index contributed by atoms with van der Waals surface area (Å²) >= 11 is 0. The molecule has 2 saturated heterocycles. The normalized spacial score (nSPS) is 16.5. The number of para-hydroxylation sites is 1. The molecule has 0 radical (unpaired) electrons. The van der Waals surface area contributed by atoms with Crippen molar-refractivity contribution in [2.45, 2.75) is 51.1 Å². The van der Waals surface area contributed by atoms with Crippen LogP contribution >= 0.6 is 0 Å². The number of Topliss-reactive ketones (excluding diaryl/α,β-unsaturated/α-hetero) is 1. The van der Waals surface area contributed by atoms with Gasteiger partial charge in [-0.1, -0.05) is 6.07 Å². The molecule has 25 heteroatoms. The van der Waals surface area contributed by atoms with Crippen molar-refractivity contribution in [3.63, 3.8) is 0 Å². The second-order valence-electron chi connectivity index (χ2n) is 19.2. The Bertz CT molecular complexity index is 3230. The molecular formula is C54H58N14O11. The summed E-state index contributed by atoms with van der Waals surface area (Å²) in [6, 6.07) is 14.9. The lowest BCUT2D eigenvalue weighted by Crippen LogP contribution is -2.52. The monoisotopic (exact) mass is 1080 g/mol. The van der Waals surface area contributed by atoms with Crippen LogP contribution in [0.15, 0.2) is 85.5 Å². The summed E-state index contributed by atoms with van der Waals surface area (Å²) in [7, 11) is 3.26. The fourth-order valence-corrected chi connectivity index (χ4v) is 9.82. The Labute approximate surface area is 452 Å². The lowest BCUT2D eigenvalue weighted by Gasteiger charge is -2.38. The number of anilines is 5. The first-order valence-corrected chi connectivity index (χ1v) is 25.7. The van der Waals surface area contributed by atoms with Gasteiger partial charge in [-0.05, 0) is 67.3 Å². The fourth-order valence-electron chi connectivity index (χ4n) is 9.82. The van der Waals surface area contributed by atoms with Crippen LogP contribution in [0.1, 0.15) is 75.2 Å². The van der Waals surface area contributed by atoms with E-state index in [0.29, 0.717) is 77.5 Å². The number of rotatable bonds is 23. The zero-order valence-corrected chi connectivity index (χ0v) is 43.4. The molecule has 4 aliphatic heterocycles. The number of imide groups is 2. The molecular weight excluding hydrogens is 1020 g/mol. The Morgan fingerprint density at radius 1 is 0.835 bits per heavy atom. The Kier molecular flexibility index (Phi) is 16.7. The van der Waals surface area contributed by atoms with Crippen molar-refractivity contribution in [1.82, 2.24) is 50.1 Å². The van der Waals surface area contributed by atoms with Crippen LogP contribution in [0, 0.1) is 5.92 Å². The lowest BCUT2D eigenvalue weighted by molar-refractivity contribution is -0.138. The van der Waals surface area contributed by atoms with E-state index in [1.54, 1.807) is 65.4 Å². The largest absolute Gasteiger partial charge is 0.494 e. The smallest absolute Gasteiger partial charge is 0.255 e. The maximum Gasteiger partial charge on any atom is 0.255 e. The van der Waals surface area contributed by atoms with Crippen molar-refractivity contribution in [1.29, 1.82) is 0 Å². The van der Waals surface area contributed by atoms with Crippen LogP contribution < -0.4 is 36.6 Å². The Hall–Kier alpha value is -9.39. The zero-order chi connectivity index (χ0) is 55.7. The van der Waals surface area contributed by atoms with E-state index in [4.69, 9.17) is 15.2 Å². The van der Waals surface area contributed by atoms with Gasteiger partial charge in [0.05, 0.1) is 49.4 Å². The average molecular weight is 1080 g/mol. The zero-order valence-electron chi connectivity index (χ0n) is 43.4. The SMILES string of the molecule is COc1c(Nc2cc(Nc3ccc(C(=O)CC[C@@H](CCNC(=O)CCOCCN4C(=O)C=CC4=O)C(=O)N4CCN(c5ccc6c(c5)CN(C5CCC(=O)NC5=O)C6=O)CC4)cn3)ncc2C(N)=O)cccc1-c1ncn(C)n1. The standard InChI is InChI=1S/C54H58N14O11/c1-64-31-59-51(63-64)37-4-3-5-39(49(37)78-2)60-40-27-44(58-29-38(40)50(55)74)61-43-12-7-33(28-57-43)42(69)11-6-32(16-18-56-45(70)17-24-79-25-23-67-47(72)14-15-48(67)73)53(76)66-21-19-65(20-22-66)35-8-9-36-34(26-35)30-68(54(36)77)41-10-13-46(71)62-52(41)75/h3-5,7-9,12,14-15,26-29,31-32,41H,6,10-11,13,16-25,30H2,1-2H3,(H2,55,74)(H,56,70)(H,62,71,75)(H2,57,58,60,61)/t32-,41?/m0/s1. The topological polar surface area (TPSA) is 316 Å². The minimum atomic E-state index is -0.728. The Morgan fingerprint density at radius 2 is 1.62 bits per heavy atom. The van der Waals surface area contributed by atoms with E-state index in [0.717, 1.165) is 16.2 Å². The van der Waals surface area contributed by atoms with E-state index in [1.807, 2.05) is 12.1 Å². The average Bonchev–Trinajstić information content (AvgIpc) is 4.14. The summed E-state index contributed by atoms with van der Waals surface area (Å²) in [4.78, 5) is 134. The number of nitrogens with one attached hydrogen (secondary N) is 4. The lowest BCUT2D eigenvalue weighted by atomic mass is 9.94. The van der Waals surface area contributed by atoms with Gasteiger partial charge in [0.2, 0.25) is 23.6 Å². The van der Waals surface area contributed by atoms with Gasteiger partial charge in [-0.25, -0.2) is 15.0 Å². The molecule has 2 aromatic carbocycles. The number of primary amides is 1. The molecule has 2 fully saturated rings. The molecule has 8 amide bonds. The van der Waals surface area contributed by atoms with Crippen LogP contribution in [-0.4, -0.2) is 158 Å². The number of ether oxygens (including phenoxy) is 2. The van der Waals surface area contributed by atoms with E-state index in [2.05, 4.69) is 46.2 Å². The van der Waals surface area contributed by atoms with Crippen LogP contribution in [0.25, 0.3) is 11.4 Å². The second kappa shape index (κ2) is 24.3.